The van der Waals surface area contributed by atoms with Gasteiger partial charge in [-0.25, -0.2) is 9.37 Å². The molecule has 0 atom stereocenters. The number of carbonyl (C=O) groups is 1. The predicted octanol–water partition coefficient (Wildman–Crippen LogP) is 3.89. The highest BCUT2D eigenvalue weighted by Gasteiger charge is 2.19. The van der Waals surface area contributed by atoms with Gasteiger partial charge in [0.25, 0.3) is 5.56 Å². The minimum atomic E-state index is -1.01. The van der Waals surface area contributed by atoms with Gasteiger partial charge in [0.15, 0.2) is 5.16 Å². The Balaban J connectivity index is 2.31. The minimum Gasteiger partial charge on any atom is -0.481 e. The summed E-state index contributed by atoms with van der Waals surface area (Å²) >= 11 is 2.29. The first kappa shape index (κ1) is 17.6. The second-order valence-corrected chi connectivity index (χ2v) is 7.52. The monoisotopic (exact) mass is 378 g/mol. The molecule has 0 aliphatic heterocycles. The van der Waals surface area contributed by atoms with Gasteiger partial charge in [0.1, 0.15) is 10.6 Å². The molecule has 0 fully saturated rings. The molecule has 0 unspecified atom stereocenters. The first-order chi connectivity index (χ1) is 11.9. The summed E-state index contributed by atoms with van der Waals surface area (Å²) in [6.07, 6.45) is 0. The second-order valence-electron chi connectivity index (χ2n) is 5.72. The lowest BCUT2D eigenvalue weighted by atomic mass is 10.0. The third-order valence-corrected chi connectivity index (χ3v) is 5.43. The first-order valence-electron chi connectivity index (χ1n) is 7.53. The molecule has 25 heavy (non-hydrogen) atoms. The summed E-state index contributed by atoms with van der Waals surface area (Å²) in [7, 11) is 0. The standard InChI is InChI=1S/C17H15FN2O3S2/c1-9(2)12-7-24-15-14(12)16(23)20(11-5-3-4-10(18)6-11)17(19-15)25-8-13(21)22/h3-7,9H,8H2,1-2H3,(H,21,22). The Hall–Kier alpha value is -2.19. The van der Waals surface area contributed by atoms with Crippen LogP contribution in [0, 0.1) is 5.82 Å². The van der Waals surface area contributed by atoms with Crippen molar-refractivity contribution in [1.29, 1.82) is 0 Å². The van der Waals surface area contributed by atoms with Crippen molar-refractivity contribution < 1.29 is 14.3 Å². The van der Waals surface area contributed by atoms with Crippen molar-refractivity contribution in [3.63, 3.8) is 0 Å². The molecule has 0 saturated carbocycles. The summed E-state index contributed by atoms with van der Waals surface area (Å²) in [5.74, 6) is -1.59. The number of aromatic nitrogens is 2. The lowest BCUT2D eigenvalue weighted by Gasteiger charge is -2.12. The Bertz CT molecular complexity index is 1010. The van der Waals surface area contributed by atoms with Crippen LogP contribution in [0.25, 0.3) is 15.9 Å². The third-order valence-electron chi connectivity index (χ3n) is 3.62. The highest BCUT2D eigenvalue weighted by atomic mass is 32.2. The van der Waals surface area contributed by atoms with Crippen LogP contribution in [0.1, 0.15) is 25.3 Å². The summed E-state index contributed by atoms with van der Waals surface area (Å²) in [5.41, 5.74) is 0.902. The van der Waals surface area contributed by atoms with Crippen molar-refractivity contribution in [2.45, 2.75) is 24.9 Å². The van der Waals surface area contributed by atoms with Crippen molar-refractivity contribution in [3.8, 4) is 5.69 Å². The lowest BCUT2D eigenvalue weighted by molar-refractivity contribution is -0.133. The van der Waals surface area contributed by atoms with Gasteiger partial charge in [0.2, 0.25) is 0 Å². The predicted molar refractivity (Wildman–Crippen MR) is 97.6 cm³/mol. The van der Waals surface area contributed by atoms with Gasteiger partial charge in [0, 0.05) is 0 Å². The molecule has 0 radical (unpaired) electrons. The summed E-state index contributed by atoms with van der Waals surface area (Å²) in [6.45, 7) is 3.97. The molecular formula is C17H15FN2O3S2. The maximum atomic E-state index is 13.7. The number of thiophene rings is 1. The number of aliphatic carboxylic acids is 1. The van der Waals surface area contributed by atoms with Crippen molar-refractivity contribution in [3.05, 3.63) is 51.4 Å². The van der Waals surface area contributed by atoms with E-state index in [9.17, 15) is 14.0 Å². The van der Waals surface area contributed by atoms with Gasteiger partial charge < -0.3 is 5.11 Å². The zero-order chi connectivity index (χ0) is 18.1. The van der Waals surface area contributed by atoms with Crippen LogP contribution < -0.4 is 5.56 Å². The van der Waals surface area contributed by atoms with E-state index < -0.39 is 11.8 Å². The van der Waals surface area contributed by atoms with E-state index >= 15 is 0 Å². The number of rotatable bonds is 5. The summed E-state index contributed by atoms with van der Waals surface area (Å²) in [5, 5.41) is 11.6. The van der Waals surface area contributed by atoms with Crippen LogP contribution in [0.15, 0.2) is 39.6 Å². The van der Waals surface area contributed by atoms with E-state index in [1.165, 1.54) is 34.1 Å². The summed E-state index contributed by atoms with van der Waals surface area (Å²) < 4.78 is 14.9. The SMILES string of the molecule is CC(C)c1csc2nc(SCC(=O)O)n(-c3cccc(F)c3)c(=O)c12. The molecule has 3 aromatic rings. The number of hydrogen-bond donors (Lipinski definition) is 1. The van der Waals surface area contributed by atoms with E-state index in [2.05, 4.69) is 4.98 Å². The Labute approximate surface area is 151 Å². The third kappa shape index (κ3) is 3.45. The topological polar surface area (TPSA) is 72.2 Å². The van der Waals surface area contributed by atoms with Crippen LogP contribution in [0.2, 0.25) is 0 Å². The van der Waals surface area contributed by atoms with Crippen LogP contribution in [-0.4, -0.2) is 26.4 Å². The Morgan fingerprint density at radius 1 is 1.44 bits per heavy atom. The van der Waals surface area contributed by atoms with Gasteiger partial charge in [0.05, 0.1) is 16.8 Å². The van der Waals surface area contributed by atoms with E-state index in [4.69, 9.17) is 5.11 Å². The van der Waals surface area contributed by atoms with Gasteiger partial charge >= 0.3 is 5.97 Å². The molecule has 0 spiro atoms. The fourth-order valence-electron chi connectivity index (χ4n) is 2.48. The van der Waals surface area contributed by atoms with Crippen LogP contribution >= 0.6 is 23.1 Å². The number of benzene rings is 1. The molecule has 0 aliphatic carbocycles. The zero-order valence-corrected chi connectivity index (χ0v) is 15.2. The molecule has 2 aromatic heterocycles. The molecule has 0 aliphatic rings. The number of thioether (sulfide) groups is 1. The van der Waals surface area contributed by atoms with Gasteiger partial charge in [-0.1, -0.05) is 31.7 Å². The van der Waals surface area contributed by atoms with E-state index in [-0.39, 0.29) is 22.4 Å². The largest absolute Gasteiger partial charge is 0.481 e. The lowest BCUT2D eigenvalue weighted by Crippen LogP contribution is -2.22. The normalized spacial score (nSPS) is 11.4. The van der Waals surface area contributed by atoms with Gasteiger partial charge in [-0.15, -0.1) is 11.3 Å². The fourth-order valence-corrected chi connectivity index (χ4v) is 4.36. The number of halogens is 1. The van der Waals surface area contributed by atoms with Crippen molar-refractivity contribution in [2.24, 2.45) is 0 Å². The van der Waals surface area contributed by atoms with Crippen LogP contribution in [0.3, 0.4) is 0 Å². The molecule has 0 amide bonds. The maximum absolute atomic E-state index is 13.7. The maximum Gasteiger partial charge on any atom is 0.313 e. The molecule has 0 saturated heterocycles. The highest BCUT2D eigenvalue weighted by Crippen LogP contribution is 2.30. The summed E-state index contributed by atoms with van der Waals surface area (Å²) in [6, 6.07) is 5.63. The average molecular weight is 378 g/mol. The van der Waals surface area contributed by atoms with E-state index in [1.54, 1.807) is 6.07 Å². The number of fused-ring (bicyclic) bond motifs is 1. The van der Waals surface area contributed by atoms with E-state index in [0.29, 0.717) is 15.9 Å². The van der Waals surface area contributed by atoms with Crippen LogP contribution in [-0.2, 0) is 4.79 Å². The number of nitrogens with zero attached hydrogens (tertiary/aromatic N) is 2. The summed E-state index contributed by atoms with van der Waals surface area (Å²) in [4.78, 5) is 29.1. The van der Waals surface area contributed by atoms with Gasteiger partial charge in [-0.2, -0.15) is 0 Å². The molecule has 0 bridgehead atoms. The molecule has 3 rings (SSSR count). The molecule has 130 valence electrons. The Morgan fingerprint density at radius 2 is 2.20 bits per heavy atom. The number of carboxylic acid groups (broad SMARTS) is 1. The molecule has 2 heterocycles. The van der Waals surface area contributed by atoms with Gasteiger partial charge in [-0.05, 0) is 35.1 Å². The van der Waals surface area contributed by atoms with Crippen molar-refractivity contribution in [2.75, 3.05) is 5.75 Å². The number of hydrogen-bond acceptors (Lipinski definition) is 5. The molecule has 1 aromatic carbocycles. The molecule has 8 heteroatoms. The van der Waals surface area contributed by atoms with E-state index in [0.717, 1.165) is 17.3 Å². The Kier molecular flexibility index (Phi) is 4.91. The smallest absolute Gasteiger partial charge is 0.313 e. The van der Waals surface area contributed by atoms with Crippen LogP contribution in [0.4, 0.5) is 4.39 Å². The fraction of sp³-hybridized carbons (Fsp3) is 0.235. The molecule has 1 N–H and O–H groups in total. The van der Waals surface area contributed by atoms with Crippen LogP contribution in [0.5, 0.6) is 0 Å². The first-order valence-corrected chi connectivity index (χ1v) is 9.39. The Morgan fingerprint density at radius 3 is 2.84 bits per heavy atom. The van der Waals surface area contributed by atoms with Crippen molar-refractivity contribution >= 4 is 39.3 Å². The zero-order valence-electron chi connectivity index (χ0n) is 13.5. The minimum absolute atomic E-state index is 0.140. The molecular weight excluding hydrogens is 363 g/mol. The van der Waals surface area contributed by atoms with Gasteiger partial charge in [-0.3, -0.25) is 14.2 Å². The van der Waals surface area contributed by atoms with E-state index in [1.807, 2.05) is 19.2 Å². The molecule has 5 nitrogen and oxygen atoms in total. The quantitative estimate of drug-likeness (QED) is 0.539. The second kappa shape index (κ2) is 6.97. The highest BCUT2D eigenvalue weighted by molar-refractivity contribution is 7.99. The van der Waals surface area contributed by atoms with Crippen molar-refractivity contribution in [1.82, 2.24) is 9.55 Å². The number of carboxylic acids is 1. The average Bonchev–Trinajstić information content (AvgIpc) is 2.97.